The highest BCUT2D eigenvalue weighted by molar-refractivity contribution is 5.93. The molecule has 24 heavy (non-hydrogen) atoms. The van der Waals surface area contributed by atoms with Gasteiger partial charge in [0.05, 0.1) is 12.7 Å². The van der Waals surface area contributed by atoms with Crippen molar-refractivity contribution in [1.29, 1.82) is 0 Å². The number of hydrogen-bond acceptors (Lipinski definition) is 6. The maximum absolute atomic E-state index is 12.4. The van der Waals surface area contributed by atoms with Gasteiger partial charge in [-0.2, -0.15) is 0 Å². The van der Waals surface area contributed by atoms with E-state index in [2.05, 4.69) is 27.2 Å². The number of aromatic nitrogens is 2. The van der Waals surface area contributed by atoms with Gasteiger partial charge in [0.25, 0.3) is 5.91 Å². The third-order valence-electron chi connectivity index (χ3n) is 4.02. The predicted octanol–water partition coefficient (Wildman–Crippen LogP) is 1.62. The van der Waals surface area contributed by atoms with E-state index >= 15 is 0 Å². The fraction of sp³-hybridized carbons (Fsp3) is 0.353. The first kappa shape index (κ1) is 16.2. The topological polar surface area (TPSA) is 70.6 Å². The number of nitrogens with zero attached hydrogens (tertiary/aromatic N) is 4. The summed E-state index contributed by atoms with van der Waals surface area (Å²) in [4.78, 5) is 25.0. The number of piperazine rings is 1. The van der Waals surface area contributed by atoms with Crippen LogP contribution in [-0.4, -0.2) is 66.0 Å². The maximum atomic E-state index is 12.4. The Bertz CT molecular complexity index is 696. The molecule has 0 aliphatic carbocycles. The van der Waals surface area contributed by atoms with Gasteiger partial charge in [0.2, 0.25) is 5.95 Å². The molecular formula is C17H21N5O2. The highest BCUT2D eigenvalue weighted by Crippen LogP contribution is 2.19. The molecule has 2 aromatic rings. The molecule has 0 radical (unpaired) electrons. The molecule has 1 N–H and O–H groups in total. The standard InChI is InChI=1S/C17H21N5O2/c1-21-6-8-22(9-7-21)16(23)13-11-18-17(19-12-13)20-14-4-3-5-15(10-14)24-2/h3-5,10-12H,6-9H2,1-2H3,(H,18,19,20). The van der Waals surface area contributed by atoms with Gasteiger partial charge in [-0.3, -0.25) is 4.79 Å². The summed E-state index contributed by atoms with van der Waals surface area (Å²) in [6, 6.07) is 7.50. The van der Waals surface area contributed by atoms with Crippen molar-refractivity contribution in [3.63, 3.8) is 0 Å². The van der Waals surface area contributed by atoms with Gasteiger partial charge in [0.15, 0.2) is 0 Å². The molecule has 1 fully saturated rings. The Morgan fingerprint density at radius 2 is 1.88 bits per heavy atom. The second-order valence-electron chi connectivity index (χ2n) is 5.75. The molecule has 7 heteroatoms. The number of likely N-dealkylation sites (N-methyl/N-ethyl adjacent to an activating group) is 1. The van der Waals surface area contributed by atoms with E-state index in [9.17, 15) is 4.79 Å². The van der Waals surface area contributed by atoms with Crippen LogP contribution >= 0.6 is 0 Å². The van der Waals surface area contributed by atoms with Crippen LogP contribution in [-0.2, 0) is 0 Å². The number of ether oxygens (including phenoxy) is 1. The van der Waals surface area contributed by atoms with E-state index in [1.54, 1.807) is 19.5 Å². The van der Waals surface area contributed by atoms with Crippen LogP contribution in [0.2, 0.25) is 0 Å². The zero-order valence-electron chi connectivity index (χ0n) is 13.9. The van der Waals surface area contributed by atoms with Crippen molar-refractivity contribution in [2.45, 2.75) is 0 Å². The van der Waals surface area contributed by atoms with Gasteiger partial charge in [-0.1, -0.05) is 6.07 Å². The number of anilines is 2. The van der Waals surface area contributed by atoms with Gasteiger partial charge in [-0.05, 0) is 19.2 Å². The minimum Gasteiger partial charge on any atom is -0.497 e. The summed E-state index contributed by atoms with van der Waals surface area (Å²) >= 11 is 0. The summed E-state index contributed by atoms with van der Waals surface area (Å²) < 4.78 is 5.18. The van der Waals surface area contributed by atoms with Crippen molar-refractivity contribution in [1.82, 2.24) is 19.8 Å². The zero-order valence-corrected chi connectivity index (χ0v) is 13.9. The molecule has 0 atom stereocenters. The molecule has 3 rings (SSSR count). The van der Waals surface area contributed by atoms with Gasteiger partial charge >= 0.3 is 0 Å². The number of rotatable bonds is 4. The molecule has 0 saturated carbocycles. The van der Waals surface area contributed by atoms with E-state index in [4.69, 9.17) is 4.74 Å². The molecular weight excluding hydrogens is 306 g/mol. The molecule has 0 unspecified atom stereocenters. The fourth-order valence-corrected chi connectivity index (χ4v) is 2.53. The van der Waals surface area contributed by atoms with Crippen molar-refractivity contribution in [3.8, 4) is 5.75 Å². The number of carbonyl (C=O) groups is 1. The molecule has 1 aliphatic heterocycles. The minimum absolute atomic E-state index is 0.0176. The van der Waals surface area contributed by atoms with E-state index in [0.717, 1.165) is 37.6 Å². The Hall–Kier alpha value is -2.67. The Labute approximate surface area is 141 Å². The Morgan fingerprint density at radius 1 is 1.17 bits per heavy atom. The fourth-order valence-electron chi connectivity index (χ4n) is 2.53. The van der Waals surface area contributed by atoms with Crippen molar-refractivity contribution in [3.05, 3.63) is 42.2 Å². The van der Waals surface area contributed by atoms with Crippen LogP contribution in [0.5, 0.6) is 5.75 Å². The van der Waals surface area contributed by atoms with Crippen LogP contribution in [0.25, 0.3) is 0 Å². The SMILES string of the molecule is COc1cccc(Nc2ncc(C(=O)N3CCN(C)CC3)cn2)c1. The highest BCUT2D eigenvalue weighted by Gasteiger charge is 2.20. The summed E-state index contributed by atoms with van der Waals surface area (Å²) in [6.45, 7) is 3.25. The van der Waals surface area contributed by atoms with Crippen LogP contribution < -0.4 is 10.1 Å². The average Bonchev–Trinajstić information content (AvgIpc) is 2.62. The van der Waals surface area contributed by atoms with E-state index in [-0.39, 0.29) is 5.91 Å². The Kier molecular flexibility index (Phi) is 4.90. The number of benzene rings is 1. The van der Waals surface area contributed by atoms with Gasteiger partial charge in [0.1, 0.15) is 5.75 Å². The second kappa shape index (κ2) is 7.27. The Balaban J connectivity index is 1.65. The molecule has 0 bridgehead atoms. The summed E-state index contributed by atoms with van der Waals surface area (Å²) in [6.07, 6.45) is 3.13. The number of hydrogen-bond donors (Lipinski definition) is 1. The quantitative estimate of drug-likeness (QED) is 0.920. The van der Waals surface area contributed by atoms with Gasteiger partial charge < -0.3 is 19.9 Å². The second-order valence-corrected chi connectivity index (χ2v) is 5.75. The molecule has 7 nitrogen and oxygen atoms in total. The lowest BCUT2D eigenvalue weighted by Crippen LogP contribution is -2.47. The molecule has 1 saturated heterocycles. The average molecular weight is 327 g/mol. The van der Waals surface area contributed by atoms with Crippen molar-refractivity contribution >= 4 is 17.5 Å². The smallest absolute Gasteiger partial charge is 0.257 e. The lowest BCUT2D eigenvalue weighted by molar-refractivity contribution is 0.0663. The van der Waals surface area contributed by atoms with E-state index in [0.29, 0.717) is 11.5 Å². The summed E-state index contributed by atoms with van der Waals surface area (Å²) in [5.41, 5.74) is 1.34. The highest BCUT2D eigenvalue weighted by atomic mass is 16.5. The van der Waals surface area contributed by atoms with Gasteiger partial charge in [0, 0.05) is 50.3 Å². The van der Waals surface area contributed by atoms with E-state index in [1.165, 1.54) is 0 Å². The largest absolute Gasteiger partial charge is 0.497 e. The normalized spacial score (nSPS) is 15.2. The lowest BCUT2D eigenvalue weighted by atomic mass is 10.2. The number of methoxy groups -OCH3 is 1. The third-order valence-corrected chi connectivity index (χ3v) is 4.02. The molecule has 1 aromatic carbocycles. The van der Waals surface area contributed by atoms with Gasteiger partial charge in [-0.25, -0.2) is 9.97 Å². The van der Waals surface area contributed by atoms with Crippen LogP contribution in [0.15, 0.2) is 36.7 Å². The number of carbonyl (C=O) groups excluding carboxylic acids is 1. The van der Waals surface area contributed by atoms with Crippen molar-refractivity contribution in [2.75, 3.05) is 45.7 Å². The van der Waals surface area contributed by atoms with Crippen LogP contribution in [0.1, 0.15) is 10.4 Å². The summed E-state index contributed by atoms with van der Waals surface area (Å²) in [5.74, 6) is 1.18. The number of nitrogens with one attached hydrogen (secondary N) is 1. The van der Waals surface area contributed by atoms with E-state index < -0.39 is 0 Å². The zero-order chi connectivity index (χ0) is 16.9. The Morgan fingerprint density at radius 3 is 2.54 bits per heavy atom. The van der Waals surface area contributed by atoms with Crippen LogP contribution in [0, 0.1) is 0 Å². The minimum atomic E-state index is -0.0176. The van der Waals surface area contributed by atoms with Crippen molar-refractivity contribution < 1.29 is 9.53 Å². The van der Waals surface area contributed by atoms with E-state index in [1.807, 2.05) is 29.2 Å². The summed E-state index contributed by atoms with van der Waals surface area (Å²) in [5, 5.41) is 3.10. The molecule has 1 aliphatic rings. The lowest BCUT2D eigenvalue weighted by Gasteiger charge is -2.32. The first-order valence-corrected chi connectivity index (χ1v) is 7.86. The van der Waals surface area contributed by atoms with Crippen LogP contribution in [0.3, 0.4) is 0 Å². The monoisotopic (exact) mass is 327 g/mol. The first-order valence-electron chi connectivity index (χ1n) is 7.86. The van der Waals surface area contributed by atoms with Crippen LogP contribution in [0.4, 0.5) is 11.6 Å². The summed E-state index contributed by atoms with van der Waals surface area (Å²) in [7, 11) is 3.68. The third kappa shape index (κ3) is 3.80. The van der Waals surface area contributed by atoms with Gasteiger partial charge in [-0.15, -0.1) is 0 Å². The first-order chi connectivity index (χ1) is 11.7. The predicted molar refractivity (Wildman–Crippen MR) is 91.7 cm³/mol. The molecule has 126 valence electrons. The molecule has 2 heterocycles. The molecule has 1 aromatic heterocycles. The van der Waals surface area contributed by atoms with Crippen molar-refractivity contribution in [2.24, 2.45) is 0 Å². The molecule has 1 amide bonds. The number of amides is 1. The molecule has 0 spiro atoms. The maximum Gasteiger partial charge on any atom is 0.257 e.